The Morgan fingerprint density at radius 2 is 2.00 bits per heavy atom. The van der Waals surface area contributed by atoms with Gasteiger partial charge in [-0.1, -0.05) is 6.07 Å². The van der Waals surface area contributed by atoms with E-state index in [1.54, 1.807) is 0 Å². The molecule has 0 saturated heterocycles. The molecule has 0 bridgehead atoms. The molecule has 2 aromatic rings. The van der Waals surface area contributed by atoms with E-state index in [0.717, 1.165) is 6.07 Å². The average Bonchev–Trinajstić information content (AvgIpc) is 2.66. The molecular formula is C10H10F2N4. The van der Waals surface area contributed by atoms with E-state index in [4.69, 9.17) is 5.73 Å². The molecule has 1 aromatic heterocycles. The molecule has 2 rings (SSSR count). The van der Waals surface area contributed by atoms with Gasteiger partial charge in [-0.05, 0) is 24.1 Å². The molecule has 0 aliphatic rings. The van der Waals surface area contributed by atoms with E-state index in [9.17, 15) is 8.78 Å². The summed E-state index contributed by atoms with van der Waals surface area (Å²) >= 11 is 0. The molecule has 1 heterocycles. The third-order valence-electron chi connectivity index (χ3n) is 2.18. The molecule has 0 spiro atoms. The molecule has 0 aliphatic carbocycles. The number of H-pyrrole nitrogens is 1. The molecule has 4 nitrogen and oxygen atoms in total. The Hall–Kier alpha value is -1.98. The summed E-state index contributed by atoms with van der Waals surface area (Å²) in [6.45, 7) is 0. The van der Waals surface area contributed by atoms with Gasteiger partial charge in [0.1, 0.15) is 5.82 Å². The minimum absolute atomic E-state index is 0.181. The Morgan fingerprint density at radius 1 is 1.19 bits per heavy atom. The van der Waals surface area contributed by atoms with Gasteiger partial charge in [-0.25, -0.2) is 8.78 Å². The van der Waals surface area contributed by atoms with Crippen LogP contribution in [0.2, 0.25) is 0 Å². The maximum Gasteiger partial charge on any atom is 0.239 e. The number of nitrogens with one attached hydrogen (secondary N) is 1. The molecule has 0 radical (unpaired) electrons. The van der Waals surface area contributed by atoms with Crippen LogP contribution in [0.1, 0.15) is 11.4 Å². The summed E-state index contributed by atoms with van der Waals surface area (Å²) in [6.07, 6.45) is 1.10. The Bertz CT molecular complexity index is 495. The number of rotatable bonds is 3. The van der Waals surface area contributed by atoms with Gasteiger partial charge in [0.15, 0.2) is 11.6 Å². The molecule has 0 atom stereocenters. The molecule has 6 heteroatoms. The van der Waals surface area contributed by atoms with Crippen LogP contribution in [0.15, 0.2) is 18.2 Å². The van der Waals surface area contributed by atoms with Crippen molar-refractivity contribution in [3.05, 3.63) is 41.2 Å². The SMILES string of the molecule is Nc1n[nH]c(CCc2ccc(F)c(F)c2)n1. The maximum absolute atomic E-state index is 12.9. The van der Waals surface area contributed by atoms with Gasteiger partial charge in [-0.3, -0.25) is 5.10 Å². The van der Waals surface area contributed by atoms with Gasteiger partial charge >= 0.3 is 0 Å². The summed E-state index contributed by atoms with van der Waals surface area (Å²) in [5.74, 6) is -0.871. The van der Waals surface area contributed by atoms with E-state index >= 15 is 0 Å². The average molecular weight is 224 g/mol. The lowest BCUT2D eigenvalue weighted by molar-refractivity contribution is 0.507. The number of aromatic amines is 1. The smallest absolute Gasteiger partial charge is 0.239 e. The van der Waals surface area contributed by atoms with Crippen LogP contribution in [-0.2, 0) is 12.8 Å². The highest BCUT2D eigenvalue weighted by Gasteiger charge is 2.04. The lowest BCUT2D eigenvalue weighted by atomic mass is 10.1. The molecular weight excluding hydrogens is 214 g/mol. The van der Waals surface area contributed by atoms with Crippen LogP contribution in [0.25, 0.3) is 0 Å². The largest absolute Gasteiger partial charge is 0.367 e. The molecule has 0 unspecified atom stereocenters. The molecule has 0 aliphatic heterocycles. The highest BCUT2D eigenvalue weighted by Crippen LogP contribution is 2.10. The number of aryl methyl sites for hydroxylation is 2. The number of halogens is 2. The fourth-order valence-corrected chi connectivity index (χ4v) is 1.38. The van der Waals surface area contributed by atoms with E-state index in [1.807, 2.05) is 0 Å². The summed E-state index contributed by atoms with van der Waals surface area (Å²) in [5, 5.41) is 6.32. The van der Waals surface area contributed by atoms with Crippen LogP contribution < -0.4 is 5.73 Å². The Kier molecular flexibility index (Phi) is 2.80. The second-order valence-electron chi connectivity index (χ2n) is 3.39. The van der Waals surface area contributed by atoms with Crippen LogP contribution in [0.5, 0.6) is 0 Å². The Labute approximate surface area is 90.5 Å². The van der Waals surface area contributed by atoms with Crippen LogP contribution in [-0.4, -0.2) is 15.2 Å². The van der Waals surface area contributed by atoms with Crippen molar-refractivity contribution >= 4 is 5.95 Å². The zero-order valence-corrected chi connectivity index (χ0v) is 8.37. The van der Waals surface area contributed by atoms with E-state index in [0.29, 0.717) is 24.2 Å². The van der Waals surface area contributed by atoms with Gasteiger partial charge < -0.3 is 5.73 Å². The summed E-state index contributed by atoms with van der Waals surface area (Å²) in [7, 11) is 0. The molecule has 1 aromatic carbocycles. The standard InChI is InChI=1S/C10H10F2N4/c11-7-3-1-6(5-8(7)12)2-4-9-14-10(13)16-15-9/h1,3,5H,2,4H2,(H3,13,14,15,16). The van der Waals surface area contributed by atoms with Crippen molar-refractivity contribution in [2.75, 3.05) is 5.73 Å². The highest BCUT2D eigenvalue weighted by atomic mass is 19.2. The van der Waals surface area contributed by atoms with Crippen LogP contribution in [0.4, 0.5) is 14.7 Å². The first-order valence-corrected chi connectivity index (χ1v) is 4.76. The summed E-state index contributed by atoms with van der Waals surface area (Å²) in [6, 6.07) is 3.83. The fourth-order valence-electron chi connectivity index (χ4n) is 1.38. The Morgan fingerprint density at radius 3 is 2.62 bits per heavy atom. The molecule has 84 valence electrons. The molecule has 3 N–H and O–H groups in total. The Balaban J connectivity index is 2.02. The molecule has 0 amide bonds. The number of benzene rings is 1. The van der Waals surface area contributed by atoms with Crippen LogP contribution in [0.3, 0.4) is 0 Å². The van der Waals surface area contributed by atoms with Crippen molar-refractivity contribution in [3.8, 4) is 0 Å². The van der Waals surface area contributed by atoms with Crippen molar-refractivity contribution in [2.45, 2.75) is 12.8 Å². The third-order valence-corrected chi connectivity index (χ3v) is 2.18. The van der Waals surface area contributed by atoms with Gasteiger partial charge in [0.25, 0.3) is 0 Å². The lowest BCUT2D eigenvalue weighted by Crippen LogP contribution is -1.95. The normalized spacial score (nSPS) is 10.6. The van der Waals surface area contributed by atoms with Crippen LogP contribution >= 0.6 is 0 Å². The first kappa shape index (κ1) is 10.5. The van der Waals surface area contributed by atoms with E-state index in [-0.39, 0.29) is 5.95 Å². The van der Waals surface area contributed by atoms with Gasteiger partial charge in [0, 0.05) is 6.42 Å². The number of nitrogen functional groups attached to an aromatic ring is 1. The van der Waals surface area contributed by atoms with Crippen molar-refractivity contribution < 1.29 is 8.78 Å². The summed E-state index contributed by atoms with van der Waals surface area (Å²) < 4.78 is 25.5. The quantitative estimate of drug-likeness (QED) is 0.829. The van der Waals surface area contributed by atoms with Crippen molar-refractivity contribution in [2.24, 2.45) is 0 Å². The van der Waals surface area contributed by atoms with E-state index < -0.39 is 11.6 Å². The van der Waals surface area contributed by atoms with Gasteiger partial charge in [0.2, 0.25) is 5.95 Å². The third kappa shape index (κ3) is 2.33. The van der Waals surface area contributed by atoms with Crippen molar-refractivity contribution in [1.29, 1.82) is 0 Å². The fraction of sp³-hybridized carbons (Fsp3) is 0.200. The van der Waals surface area contributed by atoms with Gasteiger partial charge in [-0.2, -0.15) is 4.98 Å². The number of nitrogens with zero attached hydrogens (tertiary/aromatic N) is 2. The van der Waals surface area contributed by atoms with Crippen molar-refractivity contribution in [3.63, 3.8) is 0 Å². The molecule has 0 fully saturated rings. The monoisotopic (exact) mass is 224 g/mol. The number of anilines is 1. The lowest BCUT2D eigenvalue weighted by Gasteiger charge is -2.00. The predicted molar refractivity (Wildman–Crippen MR) is 54.6 cm³/mol. The van der Waals surface area contributed by atoms with Crippen molar-refractivity contribution in [1.82, 2.24) is 15.2 Å². The first-order chi connectivity index (χ1) is 7.65. The second kappa shape index (κ2) is 4.26. The predicted octanol–water partition coefficient (Wildman–Crippen LogP) is 1.45. The number of hydrogen-bond donors (Lipinski definition) is 2. The second-order valence-corrected chi connectivity index (χ2v) is 3.39. The highest BCUT2D eigenvalue weighted by molar-refractivity contribution is 5.19. The zero-order valence-electron chi connectivity index (χ0n) is 8.37. The first-order valence-electron chi connectivity index (χ1n) is 4.76. The molecule has 16 heavy (non-hydrogen) atoms. The van der Waals surface area contributed by atoms with Gasteiger partial charge in [-0.15, -0.1) is 5.10 Å². The van der Waals surface area contributed by atoms with E-state index in [2.05, 4.69) is 15.2 Å². The number of hydrogen-bond acceptors (Lipinski definition) is 3. The molecule has 0 saturated carbocycles. The number of nitrogens with two attached hydrogens (primary N) is 1. The zero-order chi connectivity index (χ0) is 11.5. The number of aromatic nitrogens is 3. The topological polar surface area (TPSA) is 67.6 Å². The van der Waals surface area contributed by atoms with Gasteiger partial charge in [0.05, 0.1) is 0 Å². The maximum atomic E-state index is 12.9. The van der Waals surface area contributed by atoms with Crippen LogP contribution in [0, 0.1) is 11.6 Å². The summed E-state index contributed by atoms with van der Waals surface area (Å²) in [5.41, 5.74) is 6.03. The van der Waals surface area contributed by atoms with E-state index in [1.165, 1.54) is 12.1 Å². The minimum atomic E-state index is -0.840. The minimum Gasteiger partial charge on any atom is -0.367 e. The summed E-state index contributed by atoms with van der Waals surface area (Å²) in [4.78, 5) is 3.91.